The van der Waals surface area contributed by atoms with Gasteiger partial charge in [0.2, 0.25) is 5.91 Å². The van der Waals surface area contributed by atoms with E-state index in [2.05, 4.69) is 36.2 Å². The van der Waals surface area contributed by atoms with Crippen molar-refractivity contribution in [3.8, 4) is 0 Å². The lowest BCUT2D eigenvalue weighted by molar-refractivity contribution is -0.130. The van der Waals surface area contributed by atoms with E-state index in [0.29, 0.717) is 6.04 Å². The Morgan fingerprint density at radius 2 is 2.26 bits per heavy atom. The lowest BCUT2D eigenvalue weighted by Crippen LogP contribution is -2.33. The SMILES string of the molecule is CCCC1CC1N1C(=O)C(C)NC1c1ccc(C)s1. The number of hydrogen-bond acceptors (Lipinski definition) is 3. The van der Waals surface area contributed by atoms with Crippen LogP contribution in [-0.2, 0) is 4.79 Å². The van der Waals surface area contributed by atoms with Crippen LogP contribution in [0.15, 0.2) is 12.1 Å². The second-order valence-electron chi connectivity index (χ2n) is 5.84. The first-order valence-electron chi connectivity index (χ1n) is 7.26. The highest BCUT2D eigenvalue weighted by molar-refractivity contribution is 7.12. The van der Waals surface area contributed by atoms with E-state index in [0.717, 1.165) is 5.92 Å². The summed E-state index contributed by atoms with van der Waals surface area (Å²) in [4.78, 5) is 17.1. The fraction of sp³-hybridized carbons (Fsp3) is 0.667. The first kappa shape index (κ1) is 13.1. The van der Waals surface area contributed by atoms with Crippen molar-refractivity contribution >= 4 is 17.2 Å². The molecule has 2 fully saturated rings. The van der Waals surface area contributed by atoms with Gasteiger partial charge in [-0.3, -0.25) is 10.1 Å². The van der Waals surface area contributed by atoms with Gasteiger partial charge in [0.15, 0.2) is 0 Å². The number of amides is 1. The second-order valence-corrected chi connectivity index (χ2v) is 7.16. The molecule has 0 bridgehead atoms. The second kappa shape index (κ2) is 4.91. The van der Waals surface area contributed by atoms with Crippen molar-refractivity contribution < 1.29 is 4.79 Å². The van der Waals surface area contributed by atoms with Gasteiger partial charge < -0.3 is 4.90 Å². The van der Waals surface area contributed by atoms with Crippen LogP contribution in [0.1, 0.15) is 49.0 Å². The molecule has 3 rings (SSSR count). The molecule has 104 valence electrons. The third-order valence-corrected chi connectivity index (χ3v) is 5.30. The van der Waals surface area contributed by atoms with Crippen molar-refractivity contribution in [2.75, 3.05) is 0 Å². The Kier molecular flexibility index (Phi) is 3.39. The van der Waals surface area contributed by atoms with Crippen molar-refractivity contribution in [1.82, 2.24) is 10.2 Å². The maximum atomic E-state index is 12.4. The van der Waals surface area contributed by atoms with Crippen LogP contribution in [0.3, 0.4) is 0 Å². The molecule has 1 saturated carbocycles. The third-order valence-electron chi connectivity index (χ3n) is 4.24. The smallest absolute Gasteiger partial charge is 0.241 e. The summed E-state index contributed by atoms with van der Waals surface area (Å²) in [6, 6.07) is 4.73. The molecule has 4 unspecified atom stereocenters. The van der Waals surface area contributed by atoms with Gasteiger partial charge >= 0.3 is 0 Å². The van der Waals surface area contributed by atoms with Crippen LogP contribution in [-0.4, -0.2) is 22.9 Å². The van der Waals surface area contributed by atoms with Gasteiger partial charge in [0.25, 0.3) is 0 Å². The molecule has 0 spiro atoms. The average molecular weight is 278 g/mol. The summed E-state index contributed by atoms with van der Waals surface area (Å²) in [6.45, 7) is 6.32. The molecule has 1 aromatic rings. The Morgan fingerprint density at radius 1 is 1.47 bits per heavy atom. The first-order valence-corrected chi connectivity index (χ1v) is 8.08. The molecular formula is C15H22N2OS. The minimum Gasteiger partial charge on any atom is -0.317 e. The molecule has 2 aliphatic rings. The van der Waals surface area contributed by atoms with Crippen molar-refractivity contribution in [1.29, 1.82) is 0 Å². The van der Waals surface area contributed by atoms with Gasteiger partial charge in [-0.15, -0.1) is 11.3 Å². The summed E-state index contributed by atoms with van der Waals surface area (Å²) in [5.74, 6) is 1.00. The number of aryl methyl sites for hydroxylation is 1. The Labute approximate surface area is 119 Å². The van der Waals surface area contributed by atoms with Gasteiger partial charge in [0, 0.05) is 15.8 Å². The Morgan fingerprint density at radius 3 is 2.89 bits per heavy atom. The number of nitrogens with zero attached hydrogens (tertiary/aromatic N) is 1. The molecule has 4 heteroatoms. The maximum absolute atomic E-state index is 12.4. The van der Waals surface area contributed by atoms with Crippen LogP contribution in [0.2, 0.25) is 0 Å². The Hall–Kier alpha value is -0.870. The minimum absolute atomic E-state index is 0.0460. The average Bonchev–Trinajstić information content (AvgIpc) is 2.87. The van der Waals surface area contributed by atoms with Crippen molar-refractivity contribution in [2.24, 2.45) is 5.92 Å². The Balaban J connectivity index is 1.81. The molecule has 1 N–H and O–H groups in total. The van der Waals surface area contributed by atoms with E-state index in [-0.39, 0.29) is 18.1 Å². The molecule has 4 atom stereocenters. The van der Waals surface area contributed by atoms with Crippen LogP contribution in [0.4, 0.5) is 0 Å². The summed E-state index contributed by atoms with van der Waals surface area (Å²) in [5, 5.41) is 3.45. The predicted octanol–water partition coefficient (Wildman–Crippen LogP) is 3.06. The van der Waals surface area contributed by atoms with E-state index in [1.807, 2.05) is 6.92 Å². The molecular weight excluding hydrogens is 256 g/mol. The summed E-state index contributed by atoms with van der Waals surface area (Å²) in [6.07, 6.45) is 3.76. The van der Waals surface area contributed by atoms with Crippen LogP contribution >= 0.6 is 11.3 Å². The van der Waals surface area contributed by atoms with Gasteiger partial charge in [-0.1, -0.05) is 13.3 Å². The number of thiophene rings is 1. The third kappa shape index (κ3) is 2.32. The van der Waals surface area contributed by atoms with Gasteiger partial charge in [-0.25, -0.2) is 0 Å². The molecule has 1 amide bonds. The fourth-order valence-electron chi connectivity index (χ4n) is 3.17. The normalized spacial score (nSPS) is 34.1. The monoisotopic (exact) mass is 278 g/mol. The van der Waals surface area contributed by atoms with Gasteiger partial charge in [0.1, 0.15) is 6.17 Å². The van der Waals surface area contributed by atoms with Crippen LogP contribution < -0.4 is 5.32 Å². The topological polar surface area (TPSA) is 32.3 Å². The molecule has 0 radical (unpaired) electrons. The molecule has 3 nitrogen and oxygen atoms in total. The van der Waals surface area contributed by atoms with E-state index in [4.69, 9.17) is 0 Å². The zero-order valence-electron chi connectivity index (χ0n) is 11.8. The molecule has 2 heterocycles. The first-order chi connectivity index (χ1) is 9.11. The summed E-state index contributed by atoms with van der Waals surface area (Å²) in [7, 11) is 0. The van der Waals surface area contributed by atoms with Crippen molar-refractivity contribution in [3.05, 3.63) is 21.9 Å². The standard InChI is InChI=1S/C15H22N2OS/c1-4-5-11-8-12(11)17-14(16-10(3)15(17)18)13-7-6-9(2)19-13/h6-7,10-12,14,16H,4-5,8H2,1-3H3. The van der Waals surface area contributed by atoms with Gasteiger partial charge in [-0.2, -0.15) is 0 Å². The summed E-state index contributed by atoms with van der Waals surface area (Å²) < 4.78 is 0. The van der Waals surface area contributed by atoms with Gasteiger partial charge in [-0.05, 0) is 44.7 Å². The Bertz CT molecular complexity index is 484. The minimum atomic E-state index is -0.0460. The molecule has 1 aliphatic heterocycles. The van der Waals surface area contributed by atoms with E-state index >= 15 is 0 Å². The van der Waals surface area contributed by atoms with E-state index in [1.54, 1.807) is 11.3 Å². The molecule has 1 aliphatic carbocycles. The zero-order chi connectivity index (χ0) is 13.6. The summed E-state index contributed by atoms with van der Waals surface area (Å²) >= 11 is 1.80. The highest BCUT2D eigenvalue weighted by Gasteiger charge is 2.50. The molecule has 19 heavy (non-hydrogen) atoms. The maximum Gasteiger partial charge on any atom is 0.241 e. The number of carbonyl (C=O) groups excluding carboxylic acids is 1. The van der Waals surface area contributed by atoms with Crippen LogP contribution in [0.5, 0.6) is 0 Å². The lowest BCUT2D eigenvalue weighted by Gasteiger charge is -2.24. The highest BCUT2D eigenvalue weighted by Crippen LogP contribution is 2.45. The van der Waals surface area contributed by atoms with E-state index < -0.39 is 0 Å². The number of carbonyl (C=O) groups is 1. The quantitative estimate of drug-likeness (QED) is 0.918. The fourth-order valence-corrected chi connectivity index (χ4v) is 4.10. The molecule has 0 aromatic carbocycles. The largest absolute Gasteiger partial charge is 0.317 e. The van der Waals surface area contributed by atoms with Gasteiger partial charge in [0.05, 0.1) is 6.04 Å². The highest BCUT2D eigenvalue weighted by atomic mass is 32.1. The predicted molar refractivity (Wildman–Crippen MR) is 78.0 cm³/mol. The molecule has 1 aromatic heterocycles. The lowest BCUT2D eigenvalue weighted by atomic mass is 10.2. The number of hydrogen-bond donors (Lipinski definition) is 1. The number of nitrogens with one attached hydrogen (secondary N) is 1. The van der Waals surface area contributed by atoms with E-state index in [9.17, 15) is 4.79 Å². The number of rotatable bonds is 4. The summed E-state index contributed by atoms with van der Waals surface area (Å²) in [5.41, 5.74) is 0. The molecule has 1 saturated heterocycles. The zero-order valence-corrected chi connectivity index (χ0v) is 12.7. The van der Waals surface area contributed by atoms with Crippen LogP contribution in [0, 0.1) is 12.8 Å². The van der Waals surface area contributed by atoms with Crippen molar-refractivity contribution in [2.45, 2.75) is 58.3 Å². The van der Waals surface area contributed by atoms with Crippen LogP contribution in [0.25, 0.3) is 0 Å². The van der Waals surface area contributed by atoms with E-state index in [1.165, 1.54) is 29.0 Å². The van der Waals surface area contributed by atoms with Crippen molar-refractivity contribution in [3.63, 3.8) is 0 Å².